The van der Waals surface area contributed by atoms with Crippen molar-refractivity contribution in [3.05, 3.63) is 69.6 Å². The van der Waals surface area contributed by atoms with Gasteiger partial charge in [0.25, 0.3) is 10.0 Å². The summed E-state index contributed by atoms with van der Waals surface area (Å²) < 4.78 is 26.4. The van der Waals surface area contributed by atoms with Crippen LogP contribution in [0.4, 0.5) is 5.69 Å². The molecule has 2 aromatic carbocycles. The SMILES string of the molecule is Cc1ccc(NS(=O)(=O)/C=C/c2ccccc2Cl)cc1C(=O)O. The van der Waals surface area contributed by atoms with Gasteiger partial charge in [-0.2, -0.15) is 0 Å². The summed E-state index contributed by atoms with van der Waals surface area (Å²) >= 11 is 5.95. The molecule has 0 fully saturated rings. The van der Waals surface area contributed by atoms with Gasteiger partial charge in [0.15, 0.2) is 0 Å². The molecule has 5 nitrogen and oxygen atoms in total. The Morgan fingerprint density at radius 1 is 1.22 bits per heavy atom. The molecule has 2 aromatic rings. The van der Waals surface area contributed by atoms with E-state index >= 15 is 0 Å². The first-order valence-corrected chi connectivity index (χ1v) is 8.50. The Balaban J connectivity index is 2.24. The summed E-state index contributed by atoms with van der Waals surface area (Å²) in [5, 5.41) is 10.5. The molecule has 0 bridgehead atoms. The number of hydrogen-bond acceptors (Lipinski definition) is 3. The molecule has 0 spiro atoms. The van der Waals surface area contributed by atoms with Crippen LogP contribution >= 0.6 is 11.6 Å². The molecule has 7 heteroatoms. The first-order valence-electron chi connectivity index (χ1n) is 6.58. The zero-order chi connectivity index (χ0) is 17.0. The van der Waals surface area contributed by atoms with Crippen molar-refractivity contribution in [1.29, 1.82) is 0 Å². The summed E-state index contributed by atoms with van der Waals surface area (Å²) in [5.74, 6) is -1.12. The molecule has 0 aliphatic rings. The van der Waals surface area contributed by atoms with Gasteiger partial charge >= 0.3 is 5.97 Å². The lowest BCUT2D eigenvalue weighted by Crippen LogP contribution is -2.10. The maximum absolute atomic E-state index is 12.1. The Morgan fingerprint density at radius 3 is 2.57 bits per heavy atom. The fraction of sp³-hybridized carbons (Fsp3) is 0.0625. The fourth-order valence-corrected chi connectivity index (χ4v) is 2.94. The van der Waals surface area contributed by atoms with E-state index in [0.29, 0.717) is 16.1 Å². The maximum atomic E-state index is 12.1. The summed E-state index contributed by atoms with van der Waals surface area (Å²) in [6, 6.07) is 11.1. The molecule has 2 N–H and O–H groups in total. The molecule has 0 aromatic heterocycles. The highest BCUT2D eigenvalue weighted by Crippen LogP contribution is 2.19. The second-order valence-corrected chi connectivity index (χ2v) is 6.78. The normalized spacial score (nSPS) is 11.6. The van der Waals surface area contributed by atoms with E-state index in [1.165, 1.54) is 18.2 Å². The highest BCUT2D eigenvalue weighted by atomic mass is 35.5. The number of anilines is 1. The third-order valence-corrected chi connectivity index (χ3v) is 4.42. The van der Waals surface area contributed by atoms with Crippen LogP contribution in [0.3, 0.4) is 0 Å². The van der Waals surface area contributed by atoms with Gasteiger partial charge in [0.05, 0.1) is 11.0 Å². The van der Waals surface area contributed by atoms with Crippen LogP contribution in [-0.4, -0.2) is 19.5 Å². The summed E-state index contributed by atoms with van der Waals surface area (Å²) in [6.07, 6.45) is 1.37. The van der Waals surface area contributed by atoms with Crippen LogP contribution < -0.4 is 4.72 Å². The molecule has 0 aliphatic heterocycles. The quantitative estimate of drug-likeness (QED) is 0.859. The second kappa shape index (κ2) is 6.85. The topological polar surface area (TPSA) is 83.5 Å². The highest BCUT2D eigenvalue weighted by Gasteiger charge is 2.11. The van der Waals surface area contributed by atoms with E-state index in [1.807, 2.05) is 0 Å². The number of rotatable bonds is 5. The molecule has 23 heavy (non-hydrogen) atoms. The molecule has 0 atom stereocenters. The molecule has 120 valence electrons. The van der Waals surface area contributed by atoms with E-state index in [9.17, 15) is 13.2 Å². The number of carboxylic acid groups (broad SMARTS) is 1. The van der Waals surface area contributed by atoms with Gasteiger partial charge in [-0.25, -0.2) is 13.2 Å². The van der Waals surface area contributed by atoms with Crippen molar-refractivity contribution in [3.63, 3.8) is 0 Å². The second-order valence-electron chi connectivity index (χ2n) is 4.81. The van der Waals surface area contributed by atoms with E-state index in [0.717, 1.165) is 5.41 Å². The van der Waals surface area contributed by atoms with Gasteiger partial charge in [-0.15, -0.1) is 0 Å². The summed E-state index contributed by atoms with van der Waals surface area (Å²) in [7, 11) is -3.79. The summed E-state index contributed by atoms with van der Waals surface area (Å²) in [4.78, 5) is 11.1. The molecule has 0 radical (unpaired) electrons. The van der Waals surface area contributed by atoms with Crippen LogP contribution in [0.15, 0.2) is 47.9 Å². The van der Waals surface area contributed by atoms with Crippen LogP contribution in [0.2, 0.25) is 5.02 Å². The first kappa shape index (κ1) is 17.1. The Kier molecular flexibility index (Phi) is 5.08. The zero-order valence-electron chi connectivity index (χ0n) is 12.2. The van der Waals surface area contributed by atoms with Crippen molar-refractivity contribution in [3.8, 4) is 0 Å². The average molecular weight is 352 g/mol. The fourth-order valence-electron chi connectivity index (χ4n) is 1.89. The van der Waals surface area contributed by atoms with Gasteiger partial charge in [0, 0.05) is 10.7 Å². The van der Waals surface area contributed by atoms with Crippen molar-refractivity contribution in [1.82, 2.24) is 0 Å². The van der Waals surface area contributed by atoms with Crippen molar-refractivity contribution in [2.24, 2.45) is 0 Å². The van der Waals surface area contributed by atoms with Crippen LogP contribution in [-0.2, 0) is 10.0 Å². The van der Waals surface area contributed by atoms with E-state index in [2.05, 4.69) is 4.72 Å². The number of hydrogen-bond donors (Lipinski definition) is 2. The van der Waals surface area contributed by atoms with Crippen molar-refractivity contribution in [2.45, 2.75) is 6.92 Å². The lowest BCUT2D eigenvalue weighted by Gasteiger charge is -2.07. The Morgan fingerprint density at radius 2 is 1.91 bits per heavy atom. The molecule has 2 rings (SSSR count). The Hall–Kier alpha value is -2.31. The molecule has 0 saturated heterocycles. The number of aryl methyl sites for hydroxylation is 1. The summed E-state index contributed by atoms with van der Waals surface area (Å²) in [5.41, 5.74) is 1.33. The number of nitrogens with one attached hydrogen (secondary N) is 1. The molecule has 0 heterocycles. The lowest BCUT2D eigenvalue weighted by molar-refractivity contribution is 0.0696. The number of sulfonamides is 1. The summed E-state index contributed by atoms with van der Waals surface area (Å²) in [6.45, 7) is 1.64. The number of aromatic carboxylic acids is 1. The predicted molar refractivity (Wildman–Crippen MR) is 91.2 cm³/mol. The average Bonchev–Trinajstić information content (AvgIpc) is 2.48. The van der Waals surface area contributed by atoms with E-state index < -0.39 is 16.0 Å². The number of carboxylic acids is 1. The molecule has 0 unspecified atom stereocenters. The van der Waals surface area contributed by atoms with Gasteiger partial charge in [0.2, 0.25) is 0 Å². The van der Waals surface area contributed by atoms with E-state index in [4.69, 9.17) is 16.7 Å². The van der Waals surface area contributed by atoms with Gasteiger partial charge in [0.1, 0.15) is 0 Å². The third kappa shape index (κ3) is 4.58. The number of carbonyl (C=O) groups is 1. The number of halogens is 1. The van der Waals surface area contributed by atoms with Crippen molar-refractivity contribution in [2.75, 3.05) is 4.72 Å². The van der Waals surface area contributed by atoms with E-state index in [-0.39, 0.29) is 11.3 Å². The van der Waals surface area contributed by atoms with Crippen molar-refractivity contribution >= 4 is 39.4 Å². The first-order chi connectivity index (χ1) is 10.8. The molecule has 0 saturated carbocycles. The molecule has 0 aliphatic carbocycles. The maximum Gasteiger partial charge on any atom is 0.336 e. The van der Waals surface area contributed by atoms with Gasteiger partial charge in [-0.1, -0.05) is 35.9 Å². The van der Waals surface area contributed by atoms with E-state index in [1.54, 1.807) is 37.3 Å². The van der Waals surface area contributed by atoms with Crippen molar-refractivity contribution < 1.29 is 18.3 Å². The minimum Gasteiger partial charge on any atom is -0.478 e. The highest BCUT2D eigenvalue weighted by molar-refractivity contribution is 7.95. The van der Waals surface area contributed by atoms with Crippen LogP contribution in [0.25, 0.3) is 6.08 Å². The smallest absolute Gasteiger partial charge is 0.336 e. The third-order valence-electron chi connectivity index (χ3n) is 3.06. The van der Waals surface area contributed by atoms with Gasteiger partial charge in [-0.3, -0.25) is 4.72 Å². The van der Waals surface area contributed by atoms with Crippen LogP contribution in [0.5, 0.6) is 0 Å². The van der Waals surface area contributed by atoms with Crippen LogP contribution in [0, 0.1) is 6.92 Å². The minimum absolute atomic E-state index is 0.0419. The lowest BCUT2D eigenvalue weighted by atomic mass is 10.1. The van der Waals surface area contributed by atoms with Gasteiger partial charge < -0.3 is 5.11 Å². The molecular weight excluding hydrogens is 338 g/mol. The zero-order valence-corrected chi connectivity index (χ0v) is 13.7. The van der Waals surface area contributed by atoms with Gasteiger partial charge in [-0.05, 0) is 42.3 Å². The van der Waals surface area contributed by atoms with Crippen LogP contribution in [0.1, 0.15) is 21.5 Å². The largest absolute Gasteiger partial charge is 0.478 e. The monoisotopic (exact) mass is 351 g/mol. The predicted octanol–water partition coefficient (Wildman–Crippen LogP) is 3.76. The Bertz CT molecular complexity index is 875. The standard InChI is InChI=1S/C16H14ClNO4S/c1-11-6-7-13(10-14(11)16(19)20)18-23(21,22)9-8-12-4-2-3-5-15(12)17/h2-10,18H,1H3,(H,19,20)/b9-8+. The molecule has 0 amide bonds. The molecular formula is C16H14ClNO4S. The minimum atomic E-state index is -3.79. The Labute approximate surface area is 139 Å². The number of benzene rings is 2.